The number of benzene rings is 2. The fraction of sp³-hybridized carbons (Fsp3) is 0.318. The third-order valence-electron chi connectivity index (χ3n) is 4.24. The molecule has 0 aliphatic heterocycles. The van der Waals surface area contributed by atoms with Crippen LogP contribution in [-0.2, 0) is 14.3 Å². The van der Waals surface area contributed by atoms with Gasteiger partial charge in [0.15, 0.2) is 6.61 Å². The largest absolute Gasteiger partial charge is 0.454 e. The van der Waals surface area contributed by atoms with Gasteiger partial charge in [-0.2, -0.15) is 0 Å². The Bertz CT molecular complexity index is 861. The van der Waals surface area contributed by atoms with Gasteiger partial charge in [-0.15, -0.1) is 0 Å². The number of carbonyl (C=O) groups excluding carboxylic acids is 3. The number of hydrogen-bond acceptors (Lipinski definition) is 4. The molecule has 0 saturated heterocycles. The zero-order valence-electron chi connectivity index (χ0n) is 16.6. The van der Waals surface area contributed by atoms with Gasteiger partial charge in [0.2, 0.25) is 0 Å². The smallest absolute Gasteiger partial charge is 0.329 e. The second-order valence-corrected chi connectivity index (χ2v) is 7.04. The minimum absolute atomic E-state index is 0.194. The first-order valence-electron chi connectivity index (χ1n) is 9.17. The van der Waals surface area contributed by atoms with Gasteiger partial charge >= 0.3 is 5.97 Å². The van der Waals surface area contributed by atoms with Gasteiger partial charge in [0, 0.05) is 11.3 Å². The summed E-state index contributed by atoms with van der Waals surface area (Å²) in [4.78, 5) is 37.0. The summed E-state index contributed by atoms with van der Waals surface area (Å²) in [5.74, 6) is -1.62. The molecular weight excluding hydrogens is 356 g/mol. The molecule has 0 unspecified atom stereocenters. The molecule has 6 nitrogen and oxygen atoms in total. The summed E-state index contributed by atoms with van der Waals surface area (Å²) < 4.78 is 5.13. The van der Waals surface area contributed by atoms with Crippen LogP contribution >= 0.6 is 0 Å². The van der Waals surface area contributed by atoms with Crippen molar-refractivity contribution in [2.45, 2.75) is 33.7 Å². The molecule has 0 heterocycles. The quantitative estimate of drug-likeness (QED) is 0.720. The summed E-state index contributed by atoms with van der Waals surface area (Å²) in [7, 11) is 0. The predicted octanol–water partition coefficient (Wildman–Crippen LogP) is 3.24. The minimum Gasteiger partial charge on any atom is -0.454 e. The van der Waals surface area contributed by atoms with Crippen molar-refractivity contribution in [3.05, 3.63) is 65.2 Å². The zero-order chi connectivity index (χ0) is 20.7. The van der Waals surface area contributed by atoms with E-state index < -0.39 is 24.5 Å². The van der Waals surface area contributed by atoms with Gasteiger partial charge in [0.1, 0.15) is 6.04 Å². The number of esters is 1. The van der Waals surface area contributed by atoms with Crippen LogP contribution in [0.5, 0.6) is 0 Å². The van der Waals surface area contributed by atoms with Gasteiger partial charge in [-0.3, -0.25) is 9.59 Å². The Labute approximate surface area is 165 Å². The van der Waals surface area contributed by atoms with E-state index in [1.54, 1.807) is 32.0 Å². The molecule has 0 saturated carbocycles. The number of rotatable bonds is 7. The second-order valence-electron chi connectivity index (χ2n) is 7.04. The topological polar surface area (TPSA) is 84.5 Å². The van der Waals surface area contributed by atoms with E-state index in [-0.39, 0.29) is 11.8 Å². The van der Waals surface area contributed by atoms with E-state index in [0.29, 0.717) is 11.3 Å². The Kier molecular flexibility index (Phi) is 7.32. The Morgan fingerprint density at radius 1 is 1.00 bits per heavy atom. The predicted molar refractivity (Wildman–Crippen MR) is 108 cm³/mol. The van der Waals surface area contributed by atoms with Crippen LogP contribution in [0, 0.1) is 19.8 Å². The molecule has 1 atom stereocenters. The Balaban J connectivity index is 1.94. The Hall–Kier alpha value is -3.15. The maximum Gasteiger partial charge on any atom is 0.329 e. The molecule has 2 aromatic carbocycles. The highest BCUT2D eigenvalue weighted by Gasteiger charge is 2.27. The fourth-order valence-electron chi connectivity index (χ4n) is 2.69. The number of hydrogen-bond donors (Lipinski definition) is 2. The average molecular weight is 382 g/mol. The van der Waals surface area contributed by atoms with Crippen LogP contribution in [0.15, 0.2) is 48.5 Å². The number of aryl methyl sites for hydroxylation is 2. The highest BCUT2D eigenvalue weighted by Crippen LogP contribution is 2.11. The number of amides is 2. The van der Waals surface area contributed by atoms with Crippen molar-refractivity contribution in [1.29, 1.82) is 0 Å². The lowest BCUT2D eigenvalue weighted by Gasteiger charge is -2.21. The maximum atomic E-state index is 12.5. The first kappa shape index (κ1) is 21.2. The number of anilines is 1. The molecule has 0 spiro atoms. The summed E-state index contributed by atoms with van der Waals surface area (Å²) in [5.41, 5.74) is 2.95. The highest BCUT2D eigenvalue weighted by atomic mass is 16.5. The van der Waals surface area contributed by atoms with Gasteiger partial charge in [-0.1, -0.05) is 44.2 Å². The van der Waals surface area contributed by atoms with Gasteiger partial charge in [-0.25, -0.2) is 4.79 Å². The summed E-state index contributed by atoms with van der Waals surface area (Å²) in [6.45, 7) is 6.93. The second kappa shape index (κ2) is 9.69. The third kappa shape index (κ3) is 5.94. The van der Waals surface area contributed by atoms with Crippen molar-refractivity contribution in [2.24, 2.45) is 5.92 Å². The zero-order valence-corrected chi connectivity index (χ0v) is 16.6. The SMILES string of the molecule is Cc1cccc(NC(=O)COC(=O)[C@@H](NC(=O)c2ccccc2C)C(C)C)c1. The lowest BCUT2D eigenvalue weighted by atomic mass is 10.0. The molecular formula is C22H26N2O4. The van der Waals surface area contributed by atoms with Crippen molar-refractivity contribution in [3.8, 4) is 0 Å². The van der Waals surface area contributed by atoms with Crippen LogP contribution in [0.1, 0.15) is 35.3 Å². The summed E-state index contributed by atoms with van der Waals surface area (Å²) in [5, 5.41) is 5.39. The van der Waals surface area contributed by atoms with E-state index in [4.69, 9.17) is 4.74 Å². The molecule has 2 rings (SSSR count). The standard InChI is InChI=1S/C22H26N2O4/c1-14(2)20(24-21(26)18-11-6-5-9-16(18)4)22(27)28-13-19(25)23-17-10-7-8-15(3)12-17/h5-12,14,20H,13H2,1-4H3,(H,23,25)(H,24,26)/t20-/m0/s1. The van der Waals surface area contributed by atoms with Crippen LogP contribution < -0.4 is 10.6 Å². The molecule has 0 aliphatic carbocycles. The first-order chi connectivity index (χ1) is 13.3. The minimum atomic E-state index is -0.848. The van der Waals surface area contributed by atoms with E-state index in [0.717, 1.165) is 11.1 Å². The molecule has 0 aromatic heterocycles. The van der Waals surface area contributed by atoms with Crippen LogP contribution in [-0.4, -0.2) is 30.4 Å². The summed E-state index contributed by atoms with van der Waals surface area (Å²) >= 11 is 0. The average Bonchev–Trinajstić information content (AvgIpc) is 2.64. The van der Waals surface area contributed by atoms with E-state index in [9.17, 15) is 14.4 Å². The normalized spacial score (nSPS) is 11.6. The lowest BCUT2D eigenvalue weighted by molar-refractivity contribution is -0.150. The molecule has 0 bridgehead atoms. The van der Waals surface area contributed by atoms with Crippen LogP contribution in [0.3, 0.4) is 0 Å². The van der Waals surface area contributed by atoms with E-state index in [1.807, 2.05) is 44.2 Å². The molecule has 148 valence electrons. The number of ether oxygens (including phenoxy) is 1. The molecule has 0 fully saturated rings. The monoisotopic (exact) mass is 382 g/mol. The van der Waals surface area contributed by atoms with E-state index in [2.05, 4.69) is 10.6 Å². The van der Waals surface area contributed by atoms with Gasteiger partial charge in [-0.05, 0) is 49.1 Å². The van der Waals surface area contributed by atoms with Crippen molar-refractivity contribution in [3.63, 3.8) is 0 Å². The molecule has 0 radical (unpaired) electrons. The maximum absolute atomic E-state index is 12.5. The van der Waals surface area contributed by atoms with Crippen molar-refractivity contribution < 1.29 is 19.1 Å². The van der Waals surface area contributed by atoms with Crippen LogP contribution in [0.25, 0.3) is 0 Å². The molecule has 2 N–H and O–H groups in total. The van der Waals surface area contributed by atoms with E-state index >= 15 is 0 Å². The summed E-state index contributed by atoms with van der Waals surface area (Å²) in [6, 6.07) is 13.6. The van der Waals surface area contributed by atoms with Crippen molar-refractivity contribution in [2.75, 3.05) is 11.9 Å². The lowest BCUT2D eigenvalue weighted by Crippen LogP contribution is -2.46. The van der Waals surface area contributed by atoms with Crippen molar-refractivity contribution in [1.82, 2.24) is 5.32 Å². The van der Waals surface area contributed by atoms with E-state index in [1.165, 1.54) is 0 Å². The van der Waals surface area contributed by atoms with Crippen LogP contribution in [0.4, 0.5) is 5.69 Å². The molecule has 6 heteroatoms. The first-order valence-corrected chi connectivity index (χ1v) is 9.17. The summed E-state index contributed by atoms with van der Waals surface area (Å²) in [6.07, 6.45) is 0. The Morgan fingerprint density at radius 3 is 2.36 bits per heavy atom. The number of nitrogens with one attached hydrogen (secondary N) is 2. The van der Waals surface area contributed by atoms with Gasteiger partial charge in [0.05, 0.1) is 0 Å². The van der Waals surface area contributed by atoms with Crippen molar-refractivity contribution >= 4 is 23.5 Å². The van der Waals surface area contributed by atoms with Crippen LogP contribution in [0.2, 0.25) is 0 Å². The van der Waals surface area contributed by atoms with Gasteiger partial charge in [0.25, 0.3) is 11.8 Å². The number of carbonyl (C=O) groups is 3. The molecule has 2 aromatic rings. The third-order valence-corrected chi connectivity index (χ3v) is 4.24. The molecule has 2 amide bonds. The Morgan fingerprint density at radius 2 is 1.71 bits per heavy atom. The fourth-order valence-corrected chi connectivity index (χ4v) is 2.69. The molecule has 0 aliphatic rings. The van der Waals surface area contributed by atoms with Gasteiger partial charge < -0.3 is 15.4 Å². The highest BCUT2D eigenvalue weighted by molar-refractivity contribution is 5.98. The molecule has 28 heavy (non-hydrogen) atoms.